The number of hydrogen-bond donors (Lipinski definition) is 2. The van der Waals surface area contributed by atoms with Gasteiger partial charge in [0.15, 0.2) is 0 Å². The van der Waals surface area contributed by atoms with E-state index in [0.29, 0.717) is 0 Å². The molecule has 1 amide bonds. The molecule has 1 aromatic heterocycles. The molecule has 0 aliphatic rings. The summed E-state index contributed by atoms with van der Waals surface area (Å²) in [6.07, 6.45) is 4.30. The van der Waals surface area contributed by atoms with Crippen molar-refractivity contribution >= 4 is 17.3 Å². The van der Waals surface area contributed by atoms with E-state index in [2.05, 4.69) is 22.5 Å². The monoisotopic (exact) mass is 347 g/mol. The Bertz CT molecular complexity index is 849. The molecule has 0 bridgehead atoms. The lowest BCUT2D eigenvalue weighted by molar-refractivity contribution is -0.114. The number of nitrogens with one attached hydrogen (secondary N) is 2. The minimum absolute atomic E-state index is 0.0876. The molecule has 0 fully saturated rings. The predicted molar refractivity (Wildman–Crippen MR) is 104 cm³/mol. The van der Waals surface area contributed by atoms with Crippen molar-refractivity contribution in [2.75, 3.05) is 17.2 Å². The molecule has 0 unspecified atom stereocenters. The molecule has 5 nitrogen and oxygen atoms in total. The zero-order chi connectivity index (χ0) is 18.2. The number of benzene rings is 2. The second-order valence-electron chi connectivity index (χ2n) is 5.77. The van der Waals surface area contributed by atoms with Gasteiger partial charge in [0, 0.05) is 23.8 Å². The highest BCUT2D eigenvalue weighted by Crippen LogP contribution is 2.22. The number of anilines is 2. The minimum atomic E-state index is -0.0876. The Kier molecular flexibility index (Phi) is 5.83. The van der Waals surface area contributed by atoms with Gasteiger partial charge in [0.1, 0.15) is 11.5 Å². The number of carbonyl (C=O) groups is 1. The molecule has 132 valence electrons. The van der Waals surface area contributed by atoms with Crippen LogP contribution in [0.2, 0.25) is 0 Å². The van der Waals surface area contributed by atoms with Crippen molar-refractivity contribution in [1.82, 2.24) is 4.98 Å². The molecule has 2 N–H and O–H groups in total. The maximum Gasteiger partial charge on any atom is 0.243 e. The molecular weight excluding hydrogens is 326 g/mol. The van der Waals surface area contributed by atoms with Crippen LogP contribution in [0.5, 0.6) is 11.5 Å². The van der Waals surface area contributed by atoms with Crippen LogP contribution in [-0.4, -0.2) is 17.4 Å². The topological polar surface area (TPSA) is 63.2 Å². The molecule has 1 heterocycles. The van der Waals surface area contributed by atoms with Crippen LogP contribution in [0, 0.1) is 0 Å². The van der Waals surface area contributed by atoms with Crippen LogP contribution in [0.25, 0.3) is 0 Å². The van der Waals surface area contributed by atoms with Crippen LogP contribution in [0.1, 0.15) is 12.5 Å². The van der Waals surface area contributed by atoms with Crippen molar-refractivity contribution in [3.8, 4) is 11.5 Å². The maximum absolute atomic E-state index is 12.1. The zero-order valence-corrected chi connectivity index (χ0v) is 14.6. The smallest absolute Gasteiger partial charge is 0.243 e. The fraction of sp³-hybridized carbons (Fsp3) is 0.143. The van der Waals surface area contributed by atoms with E-state index >= 15 is 0 Å². The van der Waals surface area contributed by atoms with Crippen LogP contribution in [0.15, 0.2) is 73.1 Å². The van der Waals surface area contributed by atoms with Gasteiger partial charge in [-0.1, -0.05) is 19.1 Å². The molecular formula is C21H21N3O2. The summed E-state index contributed by atoms with van der Waals surface area (Å²) in [5.41, 5.74) is 2.86. The third-order valence-electron chi connectivity index (χ3n) is 3.81. The van der Waals surface area contributed by atoms with Crippen LogP contribution in [-0.2, 0) is 11.2 Å². The standard InChI is InChI=1S/C21H21N3O2/c1-2-16-4-3-5-18(14-16)24-21(25)15-23-17-6-8-19(9-7-17)26-20-10-12-22-13-11-20/h3-14,23H,2,15H2,1H3,(H,24,25). The lowest BCUT2D eigenvalue weighted by Crippen LogP contribution is -2.21. The highest BCUT2D eigenvalue weighted by molar-refractivity contribution is 5.93. The van der Waals surface area contributed by atoms with Crippen molar-refractivity contribution in [3.63, 3.8) is 0 Å². The molecule has 26 heavy (non-hydrogen) atoms. The van der Waals surface area contributed by atoms with Crippen molar-refractivity contribution in [3.05, 3.63) is 78.6 Å². The number of rotatable bonds is 7. The highest BCUT2D eigenvalue weighted by Gasteiger charge is 2.03. The number of ether oxygens (including phenoxy) is 1. The minimum Gasteiger partial charge on any atom is -0.457 e. The van der Waals surface area contributed by atoms with Gasteiger partial charge >= 0.3 is 0 Å². The molecule has 3 rings (SSSR count). The Morgan fingerprint density at radius 3 is 2.42 bits per heavy atom. The summed E-state index contributed by atoms with van der Waals surface area (Å²) in [6.45, 7) is 2.28. The van der Waals surface area contributed by atoms with Gasteiger partial charge < -0.3 is 15.4 Å². The fourth-order valence-corrected chi connectivity index (χ4v) is 2.44. The van der Waals surface area contributed by atoms with Gasteiger partial charge in [-0.3, -0.25) is 9.78 Å². The largest absolute Gasteiger partial charge is 0.457 e. The first-order valence-corrected chi connectivity index (χ1v) is 8.53. The summed E-state index contributed by atoms with van der Waals surface area (Å²) in [7, 11) is 0. The molecule has 0 saturated carbocycles. The van der Waals surface area contributed by atoms with Gasteiger partial charge in [0.25, 0.3) is 0 Å². The van der Waals surface area contributed by atoms with E-state index in [-0.39, 0.29) is 12.5 Å². The van der Waals surface area contributed by atoms with Gasteiger partial charge in [0.2, 0.25) is 5.91 Å². The number of hydrogen-bond acceptors (Lipinski definition) is 4. The first kappa shape index (κ1) is 17.5. The predicted octanol–water partition coefficient (Wildman–Crippen LogP) is 4.49. The van der Waals surface area contributed by atoms with Crippen LogP contribution < -0.4 is 15.4 Å². The number of pyridine rings is 1. The van der Waals surface area contributed by atoms with Gasteiger partial charge in [-0.15, -0.1) is 0 Å². The van der Waals surface area contributed by atoms with Crippen molar-refractivity contribution in [1.29, 1.82) is 0 Å². The SMILES string of the molecule is CCc1cccc(NC(=O)CNc2ccc(Oc3ccncc3)cc2)c1. The van der Waals surface area contributed by atoms with Crippen molar-refractivity contribution in [2.24, 2.45) is 0 Å². The third kappa shape index (κ3) is 5.08. The van der Waals surface area contributed by atoms with E-state index in [1.165, 1.54) is 5.56 Å². The van der Waals surface area contributed by atoms with Gasteiger partial charge in [0.05, 0.1) is 6.54 Å². The number of carbonyl (C=O) groups excluding carboxylic acids is 1. The lowest BCUT2D eigenvalue weighted by Gasteiger charge is -2.10. The number of aromatic nitrogens is 1. The molecule has 0 spiro atoms. The number of amides is 1. The Balaban J connectivity index is 1.50. The van der Waals surface area contributed by atoms with E-state index in [0.717, 1.165) is 29.3 Å². The Labute approximate surface area is 153 Å². The van der Waals surface area contributed by atoms with Gasteiger partial charge in [-0.2, -0.15) is 0 Å². The quantitative estimate of drug-likeness (QED) is 0.661. The van der Waals surface area contributed by atoms with Gasteiger partial charge in [-0.25, -0.2) is 0 Å². The molecule has 5 heteroatoms. The molecule has 0 aliphatic carbocycles. The Morgan fingerprint density at radius 2 is 1.69 bits per heavy atom. The van der Waals surface area contributed by atoms with E-state index < -0.39 is 0 Å². The molecule has 0 aliphatic heterocycles. The summed E-state index contributed by atoms with van der Waals surface area (Å²) in [6, 6.07) is 18.9. The lowest BCUT2D eigenvalue weighted by atomic mass is 10.1. The number of nitrogens with zero attached hydrogens (tertiary/aromatic N) is 1. The second-order valence-corrected chi connectivity index (χ2v) is 5.77. The molecule has 0 atom stereocenters. The molecule has 3 aromatic rings. The Hall–Kier alpha value is -3.34. The molecule has 0 saturated heterocycles. The molecule has 2 aromatic carbocycles. The summed E-state index contributed by atoms with van der Waals surface area (Å²) >= 11 is 0. The first-order valence-electron chi connectivity index (χ1n) is 8.53. The summed E-state index contributed by atoms with van der Waals surface area (Å²) in [5, 5.41) is 6.01. The fourth-order valence-electron chi connectivity index (χ4n) is 2.44. The average Bonchev–Trinajstić information content (AvgIpc) is 2.68. The van der Waals surface area contributed by atoms with Crippen LogP contribution in [0.3, 0.4) is 0 Å². The summed E-state index contributed by atoms with van der Waals surface area (Å²) in [5.74, 6) is 1.37. The normalized spacial score (nSPS) is 10.2. The number of aryl methyl sites for hydroxylation is 1. The molecule has 0 radical (unpaired) electrons. The third-order valence-corrected chi connectivity index (χ3v) is 3.81. The van der Waals surface area contributed by atoms with Crippen molar-refractivity contribution < 1.29 is 9.53 Å². The highest BCUT2D eigenvalue weighted by atomic mass is 16.5. The average molecular weight is 347 g/mol. The van der Waals surface area contributed by atoms with E-state index in [1.807, 2.05) is 48.5 Å². The first-order chi connectivity index (χ1) is 12.7. The summed E-state index contributed by atoms with van der Waals surface area (Å²) in [4.78, 5) is 16.0. The van der Waals surface area contributed by atoms with Crippen molar-refractivity contribution in [2.45, 2.75) is 13.3 Å². The Morgan fingerprint density at radius 1 is 0.962 bits per heavy atom. The van der Waals surface area contributed by atoms with E-state index in [1.54, 1.807) is 24.5 Å². The maximum atomic E-state index is 12.1. The summed E-state index contributed by atoms with van der Waals surface area (Å²) < 4.78 is 5.71. The van der Waals surface area contributed by atoms with Gasteiger partial charge in [-0.05, 0) is 60.5 Å². The van der Waals surface area contributed by atoms with E-state index in [4.69, 9.17) is 4.74 Å². The second kappa shape index (κ2) is 8.67. The van der Waals surface area contributed by atoms with Crippen LogP contribution in [0.4, 0.5) is 11.4 Å². The van der Waals surface area contributed by atoms with E-state index in [9.17, 15) is 4.79 Å². The van der Waals surface area contributed by atoms with Crippen LogP contribution >= 0.6 is 0 Å². The zero-order valence-electron chi connectivity index (χ0n) is 14.6.